The third kappa shape index (κ3) is 3.39. The van der Waals surface area contributed by atoms with Gasteiger partial charge >= 0.3 is 0 Å². The summed E-state index contributed by atoms with van der Waals surface area (Å²) in [7, 11) is -3.37. The Hall–Kier alpha value is -2.54. The molecule has 0 radical (unpaired) electrons. The highest BCUT2D eigenvalue weighted by atomic mass is 32.2. The Kier molecular flexibility index (Phi) is 4.66. The van der Waals surface area contributed by atoms with Gasteiger partial charge in [-0.3, -0.25) is 0 Å². The number of H-pyrrole nitrogens is 1. The third-order valence-corrected chi connectivity index (χ3v) is 5.24. The van der Waals surface area contributed by atoms with Gasteiger partial charge in [0.2, 0.25) is 0 Å². The molecule has 0 aliphatic carbocycles. The molecule has 0 spiro atoms. The molecule has 0 bridgehead atoms. The Labute approximate surface area is 152 Å². The van der Waals surface area contributed by atoms with Crippen LogP contribution < -0.4 is 9.47 Å². The van der Waals surface area contributed by atoms with Crippen LogP contribution >= 0.6 is 0 Å². The fraction of sp³-hybridized carbons (Fsp3) is 0.316. The maximum absolute atomic E-state index is 12.3. The Balaban J connectivity index is 2.28. The molecular weight excluding hydrogens is 352 g/mol. The van der Waals surface area contributed by atoms with Crippen molar-refractivity contribution in [3.63, 3.8) is 0 Å². The first-order valence-electron chi connectivity index (χ1n) is 8.36. The van der Waals surface area contributed by atoms with Crippen molar-refractivity contribution in [1.82, 2.24) is 4.98 Å². The van der Waals surface area contributed by atoms with Gasteiger partial charge in [0.05, 0.1) is 23.1 Å². The zero-order valence-corrected chi connectivity index (χ0v) is 16.1. The van der Waals surface area contributed by atoms with Crippen LogP contribution in [0, 0.1) is 18.0 Å². The number of aromatic nitrogens is 2. The minimum atomic E-state index is -3.37. The van der Waals surface area contributed by atoms with Crippen LogP contribution in [0.1, 0.15) is 19.5 Å². The maximum atomic E-state index is 12.3. The molecular formula is C19H22N2O4S. The summed E-state index contributed by atoms with van der Waals surface area (Å²) < 4.78 is 30.8. The summed E-state index contributed by atoms with van der Waals surface area (Å²) in [6.07, 6.45) is 2.87. The normalized spacial score (nSPS) is 12.0. The van der Waals surface area contributed by atoms with E-state index in [0.717, 1.165) is 10.3 Å². The number of nitrogens with zero attached hydrogens (tertiary/aromatic N) is 1. The molecule has 0 aliphatic rings. The highest BCUT2D eigenvalue weighted by Gasteiger charge is 2.19. The molecule has 138 valence electrons. The van der Waals surface area contributed by atoms with Crippen molar-refractivity contribution in [3.05, 3.63) is 47.4 Å². The largest absolute Gasteiger partial charge is 0.710 e. The van der Waals surface area contributed by atoms with E-state index in [1.165, 1.54) is 6.26 Å². The quantitative estimate of drug-likeness (QED) is 0.549. The van der Waals surface area contributed by atoms with Crippen molar-refractivity contribution >= 4 is 20.9 Å². The number of sulfone groups is 1. The zero-order chi connectivity index (χ0) is 19.1. The van der Waals surface area contributed by atoms with Crippen LogP contribution in [0.15, 0.2) is 41.4 Å². The maximum Gasteiger partial charge on any atom is 0.290 e. The van der Waals surface area contributed by atoms with Gasteiger partial charge in [-0.1, -0.05) is 13.8 Å². The van der Waals surface area contributed by atoms with E-state index in [1.807, 2.05) is 13.8 Å². The second-order valence-corrected chi connectivity index (χ2v) is 8.88. The summed E-state index contributed by atoms with van der Waals surface area (Å²) in [4.78, 5) is 3.16. The Morgan fingerprint density at radius 3 is 2.58 bits per heavy atom. The SMILES string of the molecule is Cc1cc(-c2cc(S(C)(=O)=O)ccc2OCC(C)C)c2cc[nH]c2[n+]1[O-]. The van der Waals surface area contributed by atoms with E-state index in [-0.39, 0.29) is 4.90 Å². The third-order valence-electron chi connectivity index (χ3n) is 4.13. The van der Waals surface area contributed by atoms with Gasteiger partial charge in [0.1, 0.15) is 11.4 Å². The lowest BCUT2D eigenvalue weighted by atomic mass is 10.0. The Bertz CT molecular complexity index is 1070. The van der Waals surface area contributed by atoms with Crippen molar-refractivity contribution in [1.29, 1.82) is 0 Å². The van der Waals surface area contributed by atoms with Crippen molar-refractivity contribution in [2.45, 2.75) is 25.7 Å². The van der Waals surface area contributed by atoms with Gasteiger partial charge in [0, 0.05) is 17.4 Å². The van der Waals surface area contributed by atoms with Crippen LogP contribution in [0.4, 0.5) is 0 Å². The van der Waals surface area contributed by atoms with Crippen LogP contribution in [0.3, 0.4) is 0 Å². The van der Waals surface area contributed by atoms with Crippen molar-refractivity contribution < 1.29 is 17.9 Å². The first-order chi connectivity index (χ1) is 12.2. The van der Waals surface area contributed by atoms with Gasteiger partial charge in [0.15, 0.2) is 9.84 Å². The standard InChI is InChI=1S/C19H22N2O4S/c1-12(2)11-25-18-6-5-14(26(4,23)24)10-17(18)16-9-13(3)21(22)19-15(16)7-8-20-19/h5-10,12,20H,11H2,1-4H3. The van der Waals surface area contributed by atoms with Gasteiger partial charge in [-0.15, -0.1) is 0 Å². The van der Waals surface area contributed by atoms with E-state index in [9.17, 15) is 13.6 Å². The highest BCUT2D eigenvalue weighted by Crippen LogP contribution is 2.36. The number of nitrogens with one attached hydrogen (secondary N) is 1. The fourth-order valence-electron chi connectivity index (χ4n) is 2.82. The molecule has 0 unspecified atom stereocenters. The van der Waals surface area contributed by atoms with E-state index in [4.69, 9.17) is 4.74 Å². The summed E-state index contributed by atoms with van der Waals surface area (Å²) in [6.45, 7) is 6.31. The summed E-state index contributed by atoms with van der Waals surface area (Å²) in [5.74, 6) is 0.919. The fourth-order valence-corrected chi connectivity index (χ4v) is 3.47. The molecule has 1 aromatic carbocycles. The zero-order valence-electron chi connectivity index (χ0n) is 15.2. The van der Waals surface area contributed by atoms with E-state index in [2.05, 4.69) is 4.98 Å². The summed E-state index contributed by atoms with van der Waals surface area (Å²) in [6, 6.07) is 8.40. The molecule has 0 saturated heterocycles. The topological polar surface area (TPSA) is 86.1 Å². The molecule has 0 atom stereocenters. The Morgan fingerprint density at radius 2 is 1.92 bits per heavy atom. The molecule has 0 saturated carbocycles. The molecule has 6 nitrogen and oxygen atoms in total. The number of pyridine rings is 1. The lowest BCUT2D eigenvalue weighted by Crippen LogP contribution is -2.31. The number of aryl methyl sites for hydroxylation is 1. The van der Waals surface area contributed by atoms with E-state index in [1.54, 1.807) is 43.5 Å². The average Bonchev–Trinajstić information content (AvgIpc) is 3.05. The highest BCUT2D eigenvalue weighted by molar-refractivity contribution is 7.90. The molecule has 2 heterocycles. The predicted octanol–water partition coefficient (Wildman–Crippen LogP) is 3.22. The number of hydrogen-bond donors (Lipinski definition) is 1. The molecule has 3 rings (SSSR count). The van der Waals surface area contributed by atoms with Gasteiger partial charge in [-0.25, -0.2) is 18.1 Å². The van der Waals surface area contributed by atoms with Crippen LogP contribution in [0.25, 0.3) is 22.2 Å². The average molecular weight is 374 g/mol. The predicted molar refractivity (Wildman–Crippen MR) is 101 cm³/mol. The van der Waals surface area contributed by atoms with E-state index < -0.39 is 9.84 Å². The number of ether oxygens (including phenoxy) is 1. The van der Waals surface area contributed by atoms with Crippen LogP contribution in [0.2, 0.25) is 0 Å². The number of benzene rings is 1. The lowest BCUT2D eigenvalue weighted by Gasteiger charge is -2.16. The summed E-state index contributed by atoms with van der Waals surface area (Å²) in [5, 5.41) is 13.0. The van der Waals surface area contributed by atoms with Crippen molar-refractivity contribution in [2.75, 3.05) is 12.9 Å². The first kappa shape index (κ1) is 18.3. The monoisotopic (exact) mass is 374 g/mol. The minimum Gasteiger partial charge on any atom is -0.710 e. The Morgan fingerprint density at radius 1 is 1.19 bits per heavy atom. The lowest BCUT2D eigenvalue weighted by molar-refractivity contribution is -0.586. The number of aromatic amines is 1. The van der Waals surface area contributed by atoms with Crippen LogP contribution in [-0.4, -0.2) is 26.3 Å². The first-order valence-corrected chi connectivity index (χ1v) is 10.2. The number of fused-ring (bicyclic) bond motifs is 1. The second-order valence-electron chi connectivity index (χ2n) is 6.87. The molecule has 1 N–H and O–H groups in total. The molecule has 2 aromatic heterocycles. The van der Waals surface area contributed by atoms with Gasteiger partial charge < -0.3 is 9.94 Å². The van der Waals surface area contributed by atoms with Crippen molar-refractivity contribution in [2.24, 2.45) is 5.92 Å². The van der Waals surface area contributed by atoms with E-state index in [0.29, 0.717) is 40.6 Å². The molecule has 0 amide bonds. The smallest absolute Gasteiger partial charge is 0.290 e. The summed E-state index contributed by atoms with van der Waals surface area (Å²) >= 11 is 0. The van der Waals surface area contributed by atoms with Crippen molar-refractivity contribution in [3.8, 4) is 16.9 Å². The van der Waals surface area contributed by atoms with E-state index >= 15 is 0 Å². The molecule has 7 heteroatoms. The molecule has 0 aliphatic heterocycles. The van der Waals surface area contributed by atoms with Gasteiger partial charge in [-0.2, -0.15) is 0 Å². The number of rotatable bonds is 5. The van der Waals surface area contributed by atoms with Gasteiger partial charge in [0.25, 0.3) is 5.65 Å². The molecule has 0 fully saturated rings. The second kappa shape index (κ2) is 6.64. The minimum absolute atomic E-state index is 0.213. The molecule has 3 aromatic rings. The molecule has 26 heavy (non-hydrogen) atoms. The van der Waals surface area contributed by atoms with Gasteiger partial charge in [-0.05, 0) is 43.2 Å². The van der Waals surface area contributed by atoms with Crippen LogP contribution in [0.5, 0.6) is 5.75 Å². The summed E-state index contributed by atoms with van der Waals surface area (Å²) in [5.41, 5.74) is 2.35. The number of hydrogen-bond acceptors (Lipinski definition) is 4. The van der Waals surface area contributed by atoms with Crippen LogP contribution in [-0.2, 0) is 9.84 Å².